The van der Waals surface area contributed by atoms with E-state index >= 15 is 0 Å². The van der Waals surface area contributed by atoms with E-state index in [1.165, 1.54) is 11.8 Å². The van der Waals surface area contributed by atoms with E-state index in [9.17, 15) is 9.59 Å². The fraction of sp³-hybridized carbons (Fsp3) is 0.467. The highest BCUT2D eigenvalue weighted by molar-refractivity contribution is 8.00. The van der Waals surface area contributed by atoms with Gasteiger partial charge in [0, 0.05) is 31.1 Å². The van der Waals surface area contributed by atoms with Crippen LogP contribution in [0.25, 0.3) is 0 Å². The molecule has 120 valence electrons. The Morgan fingerprint density at radius 2 is 1.86 bits per heavy atom. The molecule has 1 saturated heterocycles. The smallest absolute Gasteiger partial charge is 0.233 e. The largest absolute Gasteiger partial charge is 0.493 e. The normalized spacial score (nSPS) is 14.6. The van der Waals surface area contributed by atoms with Crippen LogP contribution < -0.4 is 9.47 Å². The van der Waals surface area contributed by atoms with Crippen molar-refractivity contribution in [1.82, 2.24) is 9.80 Å². The van der Waals surface area contributed by atoms with Gasteiger partial charge in [-0.05, 0) is 18.2 Å². The minimum Gasteiger partial charge on any atom is -0.493 e. The Morgan fingerprint density at radius 3 is 2.45 bits per heavy atom. The van der Waals surface area contributed by atoms with Crippen molar-refractivity contribution in [3.8, 4) is 11.5 Å². The van der Waals surface area contributed by atoms with Crippen molar-refractivity contribution >= 4 is 24.1 Å². The van der Waals surface area contributed by atoms with Crippen LogP contribution in [0.5, 0.6) is 11.5 Å². The molecule has 0 radical (unpaired) electrons. The predicted molar refractivity (Wildman–Crippen MR) is 84.5 cm³/mol. The van der Waals surface area contributed by atoms with Crippen LogP contribution in [-0.2, 0) is 9.59 Å². The van der Waals surface area contributed by atoms with Gasteiger partial charge in [0.25, 0.3) is 0 Å². The van der Waals surface area contributed by atoms with Crippen LogP contribution in [0.1, 0.15) is 0 Å². The number of piperazine rings is 1. The molecule has 6 nitrogen and oxygen atoms in total. The summed E-state index contributed by atoms with van der Waals surface area (Å²) in [5, 5.41) is 0. The molecule has 0 aliphatic carbocycles. The van der Waals surface area contributed by atoms with Gasteiger partial charge < -0.3 is 19.3 Å². The van der Waals surface area contributed by atoms with E-state index in [2.05, 4.69) is 0 Å². The lowest BCUT2D eigenvalue weighted by atomic mass is 10.3. The lowest BCUT2D eigenvalue weighted by Gasteiger charge is -2.32. The average Bonchev–Trinajstić information content (AvgIpc) is 2.59. The maximum absolute atomic E-state index is 12.2. The SMILES string of the molecule is COc1ccc(SCC(=O)N2CCN(C=O)CC2)cc1OC. The summed E-state index contributed by atoms with van der Waals surface area (Å²) in [6, 6.07) is 5.60. The van der Waals surface area contributed by atoms with Crippen LogP contribution in [0.2, 0.25) is 0 Å². The maximum atomic E-state index is 12.2. The molecule has 0 saturated carbocycles. The molecule has 7 heteroatoms. The molecule has 0 spiro atoms. The number of amides is 2. The first-order chi connectivity index (χ1) is 10.7. The Balaban J connectivity index is 1.87. The fourth-order valence-corrected chi connectivity index (χ4v) is 3.05. The lowest BCUT2D eigenvalue weighted by molar-refractivity contribution is -0.132. The molecular formula is C15H20N2O4S. The fourth-order valence-electron chi connectivity index (χ4n) is 2.22. The van der Waals surface area contributed by atoms with E-state index in [1.54, 1.807) is 24.0 Å². The number of thioether (sulfide) groups is 1. The second-order valence-corrected chi connectivity index (χ2v) is 5.88. The van der Waals surface area contributed by atoms with Crippen molar-refractivity contribution in [2.45, 2.75) is 4.90 Å². The van der Waals surface area contributed by atoms with E-state index in [-0.39, 0.29) is 5.91 Å². The molecule has 0 N–H and O–H groups in total. The Bertz CT molecular complexity index is 530. The van der Waals surface area contributed by atoms with Crippen molar-refractivity contribution in [3.63, 3.8) is 0 Å². The van der Waals surface area contributed by atoms with Crippen LogP contribution in [-0.4, -0.2) is 68.3 Å². The molecule has 2 rings (SSSR count). The standard InChI is InChI=1S/C15H20N2O4S/c1-20-13-4-3-12(9-14(13)21-2)22-10-15(19)17-7-5-16(11-18)6-8-17/h3-4,9,11H,5-8,10H2,1-2H3. The molecule has 2 amide bonds. The summed E-state index contributed by atoms with van der Waals surface area (Å²) in [4.78, 5) is 27.3. The number of carbonyl (C=O) groups is 2. The molecule has 0 atom stereocenters. The van der Waals surface area contributed by atoms with Crippen LogP contribution in [0.4, 0.5) is 0 Å². The summed E-state index contributed by atoms with van der Waals surface area (Å²) in [6.45, 7) is 2.42. The Hall–Kier alpha value is -1.89. The molecule has 1 aliphatic rings. The summed E-state index contributed by atoms with van der Waals surface area (Å²) in [6.07, 6.45) is 0.834. The van der Waals surface area contributed by atoms with E-state index in [4.69, 9.17) is 9.47 Å². The van der Waals surface area contributed by atoms with E-state index in [0.717, 1.165) is 11.3 Å². The highest BCUT2D eigenvalue weighted by Crippen LogP contribution is 2.31. The molecule has 0 aromatic heterocycles. The zero-order valence-electron chi connectivity index (χ0n) is 12.8. The monoisotopic (exact) mass is 324 g/mol. The number of benzene rings is 1. The number of hydrogen-bond donors (Lipinski definition) is 0. The van der Waals surface area contributed by atoms with Gasteiger partial charge in [0.15, 0.2) is 11.5 Å². The highest BCUT2D eigenvalue weighted by atomic mass is 32.2. The molecule has 1 aliphatic heterocycles. The molecule has 0 bridgehead atoms. The minimum atomic E-state index is 0.0883. The van der Waals surface area contributed by atoms with Crippen LogP contribution in [0, 0.1) is 0 Å². The number of carbonyl (C=O) groups excluding carboxylic acids is 2. The second-order valence-electron chi connectivity index (χ2n) is 4.83. The lowest BCUT2D eigenvalue weighted by Crippen LogP contribution is -2.48. The predicted octanol–water partition coefficient (Wildman–Crippen LogP) is 1.10. The molecule has 22 heavy (non-hydrogen) atoms. The number of nitrogens with zero attached hydrogens (tertiary/aromatic N) is 2. The third-order valence-electron chi connectivity index (χ3n) is 3.53. The quantitative estimate of drug-likeness (QED) is 0.579. The van der Waals surface area contributed by atoms with Gasteiger partial charge in [0.05, 0.1) is 20.0 Å². The number of rotatable bonds is 6. The molecule has 1 aromatic rings. The van der Waals surface area contributed by atoms with Crippen molar-refractivity contribution < 1.29 is 19.1 Å². The number of methoxy groups -OCH3 is 2. The summed E-state index contributed by atoms with van der Waals surface area (Å²) < 4.78 is 10.4. The van der Waals surface area contributed by atoms with Crippen LogP contribution in [0.3, 0.4) is 0 Å². The van der Waals surface area contributed by atoms with Gasteiger partial charge in [-0.15, -0.1) is 11.8 Å². The topological polar surface area (TPSA) is 59.1 Å². The van der Waals surface area contributed by atoms with Gasteiger partial charge in [-0.2, -0.15) is 0 Å². The molecule has 1 aromatic carbocycles. The maximum Gasteiger partial charge on any atom is 0.233 e. The first-order valence-electron chi connectivity index (χ1n) is 7.00. The van der Waals surface area contributed by atoms with Gasteiger partial charge in [0.2, 0.25) is 12.3 Å². The van der Waals surface area contributed by atoms with Gasteiger partial charge in [-0.3, -0.25) is 9.59 Å². The van der Waals surface area contributed by atoms with Gasteiger partial charge >= 0.3 is 0 Å². The van der Waals surface area contributed by atoms with Gasteiger partial charge in [0.1, 0.15) is 0 Å². The van der Waals surface area contributed by atoms with Gasteiger partial charge in [-0.1, -0.05) is 0 Å². The van der Waals surface area contributed by atoms with E-state index < -0.39 is 0 Å². The zero-order chi connectivity index (χ0) is 15.9. The first-order valence-corrected chi connectivity index (χ1v) is 7.98. The average molecular weight is 324 g/mol. The van der Waals surface area contributed by atoms with E-state index in [1.807, 2.05) is 18.2 Å². The minimum absolute atomic E-state index is 0.0883. The van der Waals surface area contributed by atoms with Crippen molar-refractivity contribution in [1.29, 1.82) is 0 Å². The Morgan fingerprint density at radius 1 is 1.18 bits per heavy atom. The van der Waals surface area contributed by atoms with Gasteiger partial charge in [-0.25, -0.2) is 0 Å². The second kappa shape index (κ2) is 7.93. The van der Waals surface area contributed by atoms with Crippen LogP contribution >= 0.6 is 11.8 Å². The highest BCUT2D eigenvalue weighted by Gasteiger charge is 2.20. The molecule has 0 unspecified atom stereocenters. The van der Waals surface area contributed by atoms with Crippen LogP contribution in [0.15, 0.2) is 23.1 Å². The number of hydrogen-bond acceptors (Lipinski definition) is 5. The van der Waals surface area contributed by atoms with Crippen molar-refractivity contribution in [3.05, 3.63) is 18.2 Å². The summed E-state index contributed by atoms with van der Waals surface area (Å²) >= 11 is 1.47. The summed E-state index contributed by atoms with van der Waals surface area (Å²) in [5.41, 5.74) is 0. The molecule has 1 heterocycles. The zero-order valence-corrected chi connectivity index (χ0v) is 13.6. The van der Waals surface area contributed by atoms with E-state index in [0.29, 0.717) is 43.4 Å². The number of ether oxygens (including phenoxy) is 2. The molecule has 1 fully saturated rings. The third-order valence-corrected chi connectivity index (χ3v) is 4.51. The Kier molecular flexibility index (Phi) is 5.94. The summed E-state index contributed by atoms with van der Waals surface area (Å²) in [5.74, 6) is 1.78. The third kappa shape index (κ3) is 4.07. The van der Waals surface area contributed by atoms with Crippen molar-refractivity contribution in [2.75, 3.05) is 46.2 Å². The molecular weight excluding hydrogens is 304 g/mol. The van der Waals surface area contributed by atoms with Crippen molar-refractivity contribution in [2.24, 2.45) is 0 Å². The summed E-state index contributed by atoms with van der Waals surface area (Å²) in [7, 11) is 3.18. The first kappa shape index (κ1) is 16.5. The Labute approximate surface area is 134 Å².